The van der Waals surface area contributed by atoms with Crippen LogP contribution < -0.4 is 0 Å². The lowest BCUT2D eigenvalue weighted by atomic mass is 9.94. The molecule has 0 amide bonds. The highest BCUT2D eigenvalue weighted by Gasteiger charge is 2.37. The van der Waals surface area contributed by atoms with Crippen molar-refractivity contribution in [3.8, 4) is 0 Å². The molecule has 2 nitrogen and oxygen atoms in total. The van der Waals surface area contributed by atoms with Crippen LogP contribution in [0.2, 0.25) is 18.1 Å². The van der Waals surface area contributed by atoms with Crippen LogP contribution in [0.15, 0.2) is 12.7 Å². The summed E-state index contributed by atoms with van der Waals surface area (Å²) < 4.78 is 6.12. The maximum Gasteiger partial charge on any atom is 0.191 e. The van der Waals surface area contributed by atoms with Gasteiger partial charge in [0, 0.05) is 18.4 Å². The molecule has 1 N–H and O–H groups in total. The molecule has 0 aliphatic rings. The van der Waals surface area contributed by atoms with E-state index in [4.69, 9.17) is 4.43 Å². The van der Waals surface area contributed by atoms with E-state index in [9.17, 15) is 5.11 Å². The zero-order valence-corrected chi connectivity index (χ0v) is 13.6. The Kier molecular flexibility index (Phi) is 6.12. The van der Waals surface area contributed by atoms with Gasteiger partial charge in [-0.25, -0.2) is 0 Å². The van der Waals surface area contributed by atoms with Crippen molar-refractivity contribution in [2.75, 3.05) is 6.61 Å². The Labute approximate surface area is 108 Å². The molecule has 0 rings (SSSR count). The molecule has 3 atom stereocenters. The largest absolute Gasteiger partial charge is 0.416 e. The Balaban J connectivity index is 4.34. The van der Waals surface area contributed by atoms with Crippen LogP contribution in [0, 0.1) is 11.8 Å². The molecule has 102 valence electrons. The molecule has 3 heteroatoms. The molecule has 0 bridgehead atoms. The van der Waals surface area contributed by atoms with E-state index in [0.717, 1.165) is 0 Å². The van der Waals surface area contributed by atoms with Gasteiger partial charge < -0.3 is 9.53 Å². The fraction of sp³-hybridized carbons (Fsp3) is 0.857. The Bertz CT molecular complexity index is 243. The first-order valence-corrected chi connectivity index (χ1v) is 9.38. The van der Waals surface area contributed by atoms with Crippen LogP contribution in [0.1, 0.15) is 34.6 Å². The quantitative estimate of drug-likeness (QED) is 0.579. The van der Waals surface area contributed by atoms with Gasteiger partial charge in [0.05, 0.1) is 6.10 Å². The Morgan fingerprint density at radius 1 is 1.29 bits per heavy atom. The van der Waals surface area contributed by atoms with Crippen molar-refractivity contribution in [2.45, 2.75) is 58.9 Å². The number of aliphatic hydroxyl groups is 1. The third-order valence-electron chi connectivity index (χ3n) is 4.01. The summed E-state index contributed by atoms with van der Waals surface area (Å²) in [4.78, 5) is 0. The van der Waals surface area contributed by atoms with Crippen molar-refractivity contribution in [3.63, 3.8) is 0 Å². The van der Waals surface area contributed by atoms with E-state index in [1.807, 2.05) is 13.8 Å². The summed E-state index contributed by atoms with van der Waals surface area (Å²) >= 11 is 0. The van der Waals surface area contributed by atoms with E-state index in [-0.39, 0.29) is 23.0 Å². The lowest BCUT2D eigenvalue weighted by Gasteiger charge is -2.37. The minimum absolute atomic E-state index is 0.119. The number of aliphatic hydroxyl groups excluding tert-OH is 1. The first-order valence-electron chi connectivity index (χ1n) is 6.47. The van der Waals surface area contributed by atoms with Gasteiger partial charge in [-0.3, -0.25) is 0 Å². The average Bonchev–Trinajstić information content (AvgIpc) is 2.22. The van der Waals surface area contributed by atoms with Crippen molar-refractivity contribution in [2.24, 2.45) is 11.8 Å². The van der Waals surface area contributed by atoms with Crippen molar-refractivity contribution < 1.29 is 9.53 Å². The van der Waals surface area contributed by atoms with Crippen LogP contribution in [-0.4, -0.2) is 26.1 Å². The van der Waals surface area contributed by atoms with Crippen molar-refractivity contribution >= 4 is 8.32 Å². The predicted octanol–water partition coefficient (Wildman–Crippen LogP) is 3.83. The molecule has 0 aromatic carbocycles. The molecular formula is C14H30O2Si. The first-order chi connectivity index (χ1) is 7.53. The van der Waals surface area contributed by atoms with Gasteiger partial charge in [-0.2, -0.15) is 0 Å². The zero-order chi connectivity index (χ0) is 13.9. The fourth-order valence-corrected chi connectivity index (χ4v) is 2.43. The van der Waals surface area contributed by atoms with Gasteiger partial charge in [0.2, 0.25) is 0 Å². The van der Waals surface area contributed by atoms with Crippen LogP contribution in [0.3, 0.4) is 0 Å². The Hall–Kier alpha value is -0.123. The normalized spacial score (nSPS) is 18.6. The van der Waals surface area contributed by atoms with E-state index in [1.165, 1.54) is 0 Å². The maximum absolute atomic E-state index is 10.1. The second-order valence-corrected chi connectivity index (χ2v) is 11.4. The minimum Gasteiger partial charge on any atom is -0.416 e. The molecule has 0 fully saturated rings. The van der Waals surface area contributed by atoms with Crippen molar-refractivity contribution in [1.29, 1.82) is 0 Å². The van der Waals surface area contributed by atoms with Crippen molar-refractivity contribution in [1.82, 2.24) is 0 Å². The fourth-order valence-electron chi connectivity index (χ4n) is 1.31. The Morgan fingerprint density at radius 3 is 2.12 bits per heavy atom. The molecule has 0 aliphatic carbocycles. The molecule has 0 heterocycles. The van der Waals surface area contributed by atoms with Crippen LogP contribution in [-0.2, 0) is 4.43 Å². The summed E-state index contributed by atoms with van der Waals surface area (Å²) in [6.07, 6.45) is 1.44. The first kappa shape index (κ1) is 16.9. The van der Waals surface area contributed by atoms with E-state index in [0.29, 0.717) is 6.61 Å². The molecule has 0 aliphatic heterocycles. The van der Waals surface area contributed by atoms with Gasteiger partial charge in [0.25, 0.3) is 0 Å². The number of hydrogen-bond donors (Lipinski definition) is 1. The minimum atomic E-state index is -1.70. The lowest BCUT2D eigenvalue weighted by Crippen LogP contribution is -2.43. The molecule has 17 heavy (non-hydrogen) atoms. The predicted molar refractivity (Wildman–Crippen MR) is 77.7 cm³/mol. The molecule has 0 unspecified atom stereocenters. The summed E-state index contributed by atoms with van der Waals surface area (Å²) in [5, 5.41) is 10.3. The molecule has 0 aromatic rings. The van der Waals surface area contributed by atoms with Gasteiger partial charge in [-0.1, -0.05) is 40.7 Å². The summed E-state index contributed by atoms with van der Waals surface area (Å²) in [7, 11) is -1.70. The number of rotatable bonds is 6. The summed E-state index contributed by atoms with van der Waals surface area (Å²) in [6.45, 7) is 19.5. The summed E-state index contributed by atoms with van der Waals surface area (Å²) in [6, 6.07) is 0. The number of hydrogen-bond acceptors (Lipinski definition) is 2. The van der Waals surface area contributed by atoms with E-state index in [2.05, 4.69) is 40.4 Å². The molecular weight excluding hydrogens is 228 g/mol. The second kappa shape index (κ2) is 6.16. The average molecular weight is 258 g/mol. The van der Waals surface area contributed by atoms with Crippen LogP contribution in [0.5, 0.6) is 0 Å². The summed E-state index contributed by atoms with van der Waals surface area (Å²) in [5.74, 6) is 0.269. The maximum atomic E-state index is 10.1. The molecule has 0 aromatic heterocycles. The van der Waals surface area contributed by atoms with Gasteiger partial charge >= 0.3 is 0 Å². The van der Waals surface area contributed by atoms with E-state index in [1.54, 1.807) is 6.08 Å². The highest BCUT2D eigenvalue weighted by molar-refractivity contribution is 6.74. The van der Waals surface area contributed by atoms with Gasteiger partial charge in [0.15, 0.2) is 8.32 Å². The SMILES string of the molecule is C=C[C@H](C)[C@@H](O)[C@H](C)CO[Si](C)(C)C(C)(C)C. The summed E-state index contributed by atoms with van der Waals surface area (Å²) in [5.41, 5.74) is 0. The molecule has 0 spiro atoms. The Morgan fingerprint density at radius 2 is 1.76 bits per heavy atom. The van der Waals surface area contributed by atoms with Crippen LogP contribution >= 0.6 is 0 Å². The molecule has 0 saturated carbocycles. The van der Waals surface area contributed by atoms with Gasteiger partial charge in [-0.05, 0) is 18.1 Å². The van der Waals surface area contributed by atoms with Gasteiger partial charge in [-0.15, -0.1) is 6.58 Å². The smallest absolute Gasteiger partial charge is 0.191 e. The highest BCUT2D eigenvalue weighted by Crippen LogP contribution is 2.37. The second-order valence-electron chi connectivity index (χ2n) is 6.63. The van der Waals surface area contributed by atoms with Crippen molar-refractivity contribution in [3.05, 3.63) is 12.7 Å². The highest BCUT2D eigenvalue weighted by atomic mass is 28.4. The van der Waals surface area contributed by atoms with E-state index < -0.39 is 8.32 Å². The zero-order valence-electron chi connectivity index (χ0n) is 12.6. The lowest BCUT2D eigenvalue weighted by molar-refractivity contribution is 0.0540. The topological polar surface area (TPSA) is 29.5 Å². The van der Waals surface area contributed by atoms with Crippen LogP contribution in [0.25, 0.3) is 0 Å². The molecule has 0 radical (unpaired) electrons. The third kappa shape index (κ3) is 4.94. The standard InChI is InChI=1S/C14H30O2Si/c1-9-11(2)13(15)12(3)10-16-17(7,8)14(4,5)6/h9,11-13,15H,1,10H2,2-8H3/t11-,12+,13+/m0/s1. The monoisotopic (exact) mass is 258 g/mol. The molecule has 0 saturated heterocycles. The van der Waals surface area contributed by atoms with Gasteiger partial charge in [0.1, 0.15) is 0 Å². The third-order valence-corrected chi connectivity index (χ3v) is 8.51. The van der Waals surface area contributed by atoms with E-state index >= 15 is 0 Å². The van der Waals surface area contributed by atoms with Crippen LogP contribution in [0.4, 0.5) is 0 Å².